The summed E-state index contributed by atoms with van der Waals surface area (Å²) in [5.41, 5.74) is 5.00. The molecule has 0 radical (unpaired) electrons. The molecule has 1 fully saturated rings. The van der Waals surface area contributed by atoms with Crippen molar-refractivity contribution >= 4 is 16.8 Å². The minimum atomic E-state index is 0.183. The molecule has 1 saturated carbocycles. The van der Waals surface area contributed by atoms with Crippen LogP contribution in [0.25, 0.3) is 16.8 Å². The Hall–Kier alpha value is -2.99. The highest BCUT2D eigenvalue weighted by atomic mass is 16.5. The summed E-state index contributed by atoms with van der Waals surface area (Å²) in [4.78, 5) is 7.59. The van der Waals surface area contributed by atoms with Gasteiger partial charge in [0, 0.05) is 12.1 Å². The lowest BCUT2D eigenvalue weighted by atomic mass is 9.90. The molecule has 3 aromatic heterocycles. The summed E-state index contributed by atoms with van der Waals surface area (Å²) >= 11 is 0. The lowest BCUT2D eigenvalue weighted by Crippen LogP contribution is -2.11. The lowest BCUT2D eigenvalue weighted by molar-refractivity contribution is 0.0430. The maximum absolute atomic E-state index is 6.27. The molecule has 1 aliphatic carbocycles. The first-order valence-corrected chi connectivity index (χ1v) is 9.69. The highest BCUT2D eigenvalue weighted by molar-refractivity contribution is 5.74. The molecule has 1 N–H and O–H groups in total. The highest BCUT2D eigenvalue weighted by Crippen LogP contribution is 2.44. The minimum absolute atomic E-state index is 0.183. The zero-order valence-electron chi connectivity index (χ0n) is 15.9. The van der Waals surface area contributed by atoms with Crippen LogP contribution in [0.5, 0.6) is 0 Å². The summed E-state index contributed by atoms with van der Waals surface area (Å²) in [6.07, 6.45) is 5.73. The average molecular weight is 373 g/mol. The van der Waals surface area contributed by atoms with Gasteiger partial charge in [0.1, 0.15) is 5.82 Å². The molecular formula is C22H23N5O. The monoisotopic (exact) mass is 373 g/mol. The second-order valence-electron chi connectivity index (χ2n) is 7.67. The Morgan fingerprint density at radius 1 is 1.21 bits per heavy atom. The van der Waals surface area contributed by atoms with Crippen LogP contribution in [-0.4, -0.2) is 30.7 Å². The predicted octanol–water partition coefficient (Wildman–Crippen LogP) is 4.26. The van der Waals surface area contributed by atoms with Crippen LogP contribution in [0.1, 0.15) is 37.1 Å². The van der Waals surface area contributed by atoms with Gasteiger partial charge in [0.2, 0.25) is 0 Å². The third kappa shape index (κ3) is 2.90. The summed E-state index contributed by atoms with van der Waals surface area (Å²) < 4.78 is 8.39. The highest BCUT2D eigenvalue weighted by Gasteiger charge is 2.39. The van der Waals surface area contributed by atoms with Crippen molar-refractivity contribution in [3.05, 3.63) is 72.3 Å². The van der Waals surface area contributed by atoms with Gasteiger partial charge in [0.25, 0.3) is 0 Å². The standard InChI is InChI=1S/C22H23N5O/c1-14(2)17-10-16(28-13-15-6-4-3-5-7-15)11-18(17)22-26-25-20-12-24-21-19(27(20)22)8-9-23-21/h3-9,12,16-18,23H,1,10-11,13H2,2H3/t16-,17-,18-/m0/s1. The van der Waals surface area contributed by atoms with Gasteiger partial charge in [-0.1, -0.05) is 42.5 Å². The molecule has 6 nitrogen and oxygen atoms in total. The van der Waals surface area contributed by atoms with Crippen molar-refractivity contribution in [1.82, 2.24) is 24.6 Å². The Morgan fingerprint density at radius 3 is 2.89 bits per heavy atom. The fraction of sp³-hybridized carbons (Fsp3) is 0.318. The van der Waals surface area contributed by atoms with E-state index in [0.29, 0.717) is 12.5 Å². The van der Waals surface area contributed by atoms with Crippen molar-refractivity contribution in [1.29, 1.82) is 0 Å². The molecule has 5 rings (SSSR count). The molecule has 3 heterocycles. The van der Waals surface area contributed by atoms with Gasteiger partial charge in [-0.25, -0.2) is 4.98 Å². The number of allylic oxidation sites excluding steroid dienone is 1. The zero-order chi connectivity index (χ0) is 19.1. The van der Waals surface area contributed by atoms with Gasteiger partial charge >= 0.3 is 0 Å². The van der Waals surface area contributed by atoms with Crippen LogP contribution in [0.4, 0.5) is 0 Å². The minimum Gasteiger partial charge on any atom is -0.373 e. The smallest absolute Gasteiger partial charge is 0.179 e. The maximum Gasteiger partial charge on any atom is 0.179 e. The van der Waals surface area contributed by atoms with Crippen molar-refractivity contribution in [3.63, 3.8) is 0 Å². The number of H-pyrrole nitrogens is 1. The second kappa shape index (κ2) is 6.87. The molecule has 0 bridgehead atoms. The summed E-state index contributed by atoms with van der Waals surface area (Å²) in [5.74, 6) is 1.53. The Kier molecular flexibility index (Phi) is 4.20. The average Bonchev–Trinajstić information content (AvgIpc) is 3.43. The van der Waals surface area contributed by atoms with E-state index >= 15 is 0 Å². The lowest BCUT2D eigenvalue weighted by Gasteiger charge is -2.17. The molecule has 1 aromatic carbocycles. The summed E-state index contributed by atoms with van der Waals surface area (Å²) in [6, 6.07) is 12.3. The van der Waals surface area contributed by atoms with E-state index in [1.54, 1.807) is 6.20 Å². The van der Waals surface area contributed by atoms with Crippen molar-refractivity contribution in [3.8, 4) is 0 Å². The van der Waals surface area contributed by atoms with Crippen LogP contribution < -0.4 is 0 Å². The first-order valence-electron chi connectivity index (χ1n) is 9.69. The van der Waals surface area contributed by atoms with Crippen LogP contribution in [0.3, 0.4) is 0 Å². The van der Waals surface area contributed by atoms with E-state index in [4.69, 9.17) is 4.74 Å². The quantitative estimate of drug-likeness (QED) is 0.531. The Labute approximate surface area is 163 Å². The third-order valence-corrected chi connectivity index (χ3v) is 5.78. The fourth-order valence-electron chi connectivity index (χ4n) is 4.38. The molecule has 28 heavy (non-hydrogen) atoms. The molecule has 0 aliphatic heterocycles. The van der Waals surface area contributed by atoms with E-state index in [1.807, 2.05) is 30.5 Å². The number of rotatable bonds is 5. The summed E-state index contributed by atoms with van der Waals surface area (Å²) in [7, 11) is 0. The number of ether oxygens (including phenoxy) is 1. The van der Waals surface area contributed by atoms with Crippen molar-refractivity contribution < 1.29 is 4.74 Å². The van der Waals surface area contributed by atoms with Gasteiger partial charge in [-0.05, 0) is 37.3 Å². The molecule has 0 amide bonds. The number of fused-ring (bicyclic) bond motifs is 3. The molecule has 142 valence electrons. The van der Waals surface area contributed by atoms with Gasteiger partial charge < -0.3 is 9.72 Å². The fourth-order valence-corrected chi connectivity index (χ4v) is 4.38. The van der Waals surface area contributed by atoms with E-state index in [-0.39, 0.29) is 12.0 Å². The number of nitrogens with zero attached hydrogens (tertiary/aromatic N) is 4. The SMILES string of the molecule is C=C(C)[C@@H]1C[C@H](OCc2ccccc2)C[C@@H]1c1nnc2cnc3[nH]ccc3n12. The molecule has 6 heteroatoms. The van der Waals surface area contributed by atoms with Gasteiger partial charge in [0.05, 0.1) is 24.4 Å². The molecule has 0 saturated heterocycles. The van der Waals surface area contributed by atoms with Crippen molar-refractivity contribution in [2.24, 2.45) is 5.92 Å². The van der Waals surface area contributed by atoms with E-state index in [9.17, 15) is 0 Å². The second-order valence-corrected chi connectivity index (χ2v) is 7.67. The van der Waals surface area contributed by atoms with Gasteiger partial charge in [-0.2, -0.15) is 0 Å². The molecule has 3 atom stereocenters. The van der Waals surface area contributed by atoms with Crippen LogP contribution in [0.2, 0.25) is 0 Å². The van der Waals surface area contributed by atoms with Gasteiger partial charge in [-0.3, -0.25) is 4.40 Å². The first kappa shape index (κ1) is 17.1. The van der Waals surface area contributed by atoms with Crippen LogP contribution in [0, 0.1) is 5.92 Å². The normalized spacial score (nSPS) is 22.2. The molecule has 1 aliphatic rings. The Balaban J connectivity index is 1.46. The summed E-state index contributed by atoms with van der Waals surface area (Å²) in [6.45, 7) is 6.99. The number of aromatic nitrogens is 5. The Morgan fingerprint density at radius 2 is 2.07 bits per heavy atom. The third-order valence-electron chi connectivity index (χ3n) is 5.78. The maximum atomic E-state index is 6.27. The number of aromatic amines is 1. The number of benzene rings is 1. The topological polar surface area (TPSA) is 68.1 Å². The number of nitrogens with one attached hydrogen (secondary N) is 1. The van der Waals surface area contributed by atoms with Crippen molar-refractivity contribution in [2.45, 2.75) is 38.4 Å². The predicted molar refractivity (Wildman–Crippen MR) is 108 cm³/mol. The van der Waals surface area contributed by atoms with Crippen molar-refractivity contribution in [2.75, 3.05) is 0 Å². The Bertz CT molecular complexity index is 1130. The molecule has 4 aromatic rings. The van der Waals surface area contributed by atoms with E-state index < -0.39 is 0 Å². The van der Waals surface area contributed by atoms with Gasteiger partial charge in [-0.15, -0.1) is 10.2 Å². The zero-order valence-corrected chi connectivity index (χ0v) is 15.9. The molecule has 0 spiro atoms. The van der Waals surface area contributed by atoms with E-state index in [2.05, 4.69) is 50.2 Å². The van der Waals surface area contributed by atoms with Crippen LogP contribution >= 0.6 is 0 Å². The van der Waals surface area contributed by atoms with Crippen LogP contribution in [-0.2, 0) is 11.3 Å². The number of hydrogen-bond acceptors (Lipinski definition) is 4. The molecular weight excluding hydrogens is 350 g/mol. The largest absolute Gasteiger partial charge is 0.373 e. The molecule has 0 unspecified atom stereocenters. The first-order chi connectivity index (χ1) is 13.7. The van der Waals surface area contributed by atoms with E-state index in [1.165, 1.54) is 11.1 Å². The number of hydrogen-bond donors (Lipinski definition) is 1. The van der Waals surface area contributed by atoms with Crippen LogP contribution in [0.15, 0.2) is 60.9 Å². The van der Waals surface area contributed by atoms with E-state index in [0.717, 1.165) is 35.5 Å². The van der Waals surface area contributed by atoms with Gasteiger partial charge in [0.15, 0.2) is 11.3 Å². The summed E-state index contributed by atoms with van der Waals surface area (Å²) in [5, 5.41) is 8.93.